The zero-order valence-corrected chi connectivity index (χ0v) is 10.2. The number of nitrogens with zero attached hydrogens (tertiary/aromatic N) is 3. The van der Waals surface area contributed by atoms with E-state index in [1.165, 1.54) is 17.8 Å². The van der Waals surface area contributed by atoms with E-state index < -0.39 is 0 Å². The van der Waals surface area contributed by atoms with Crippen LogP contribution in [0.4, 0.5) is 4.39 Å². The highest BCUT2D eigenvalue weighted by atomic mass is 32.2. The normalized spacial score (nSPS) is 10.8. The molecule has 1 aromatic heterocycles. The lowest BCUT2D eigenvalue weighted by molar-refractivity contribution is 0.598. The summed E-state index contributed by atoms with van der Waals surface area (Å²) in [5, 5.41) is 8.31. The van der Waals surface area contributed by atoms with Gasteiger partial charge in [-0.1, -0.05) is 6.07 Å². The summed E-state index contributed by atoms with van der Waals surface area (Å²) in [5.74, 6) is -0.246. The van der Waals surface area contributed by atoms with Crippen LogP contribution in [0.5, 0.6) is 0 Å². The van der Waals surface area contributed by atoms with Crippen LogP contribution in [0.25, 0.3) is 0 Å². The first-order valence-electron chi connectivity index (χ1n) is 5.21. The highest BCUT2D eigenvalue weighted by molar-refractivity contribution is 7.99. The van der Waals surface area contributed by atoms with E-state index in [2.05, 4.69) is 10.2 Å². The number of halogens is 1. The summed E-state index contributed by atoms with van der Waals surface area (Å²) < 4.78 is 15.5. The average Bonchev–Trinajstić information content (AvgIpc) is 2.69. The molecular weight excluding hydrogens is 239 g/mol. The number of aromatic nitrogens is 3. The van der Waals surface area contributed by atoms with Crippen LogP contribution >= 0.6 is 11.8 Å². The van der Waals surface area contributed by atoms with E-state index in [1.807, 2.05) is 13.1 Å². The maximum absolute atomic E-state index is 13.8. The van der Waals surface area contributed by atoms with Crippen molar-refractivity contribution >= 4 is 11.8 Å². The van der Waals surface area contributed by atoms with Crippen molar-refractivity contribution in [3.63, 3.8) is 0 Å². The van der Waals surface area contributed by atoms with Crippen molar-refractivity contribution in [2.24, 2.45) is 12.8 Å². The monoisotopic (exact) mass is 252 g/mol. The number of hydrogen-bond donors (Lipinski definition) is 1. The standard InChI is InChI=1S/C11H13FN4S/c1-16-7-14-15-11(16)17-10-3-2-8(4-5-13)6-9(10)12/h2-3,6-7H,4-5,13H2,1H3. The maximum Gasteiger partial charge on any atom is 0.195 e. The number of benzene rings is 1. The molecule has 4 nitrogen and oxygen atoms in total. The van der Waals surface area contributed by atoms with Gasteiger partial charge in [0.25, 0.3) is 0 Å². The lowest BCUT2D eigenvalue weighted by Crippen LogP contribution is -2.03. The van der Waals surface area contributed by atoms with Crippen LogP contribution in [0, 0.1) is 5.82 Å². The van der Waals surface area contributed by atoms with Crippen molar-refractivity contribution in [1.82, 2.24) is 14.8 Å². The lowest BCUT2D eigenvalue weighted by Gasteiger charge is -2.04. The van der Waals surface area contributed by atoms with E-state index in [9.17, 15) is 4.39 Å². The van der Waals surface area contributed by atoms with Crippen molar-refractivity contribution in [2.45, 2.75) is 16.5 Å². The van der Waals surface area contributed by atoms with Crippen LogP contribution in [0.2, 0.25) is 0 Å². The second-order valence-electron chi connectivity index (χ2n) is 3.63. The Kier molecular flexibility index (Phi) is 3.75. The largest absolute Gasteiger partial charge is 0.330 e. The van der Waals surface area contributed by atoms with Crippen LogP contribution in [0.15, 0.2) is 34.6 Å². The van der Waals surface area contributed by atoms with Gasteiger partial charge in [0.05, 0.1) is 4.90 Å². The fourth-order valence-electron chi connectivity index (χ4n) is 1.41. The van der Waals surface area contributed by atoms with Crippen LogP contribution in [-0.2, 0) is 13.5 Å². The fraction of sp³-hybridized carbons (Fsp3) is 0.273. The van der Waals surface area contributed by atoms with Crippen LogP contribution < -0.4 is 5.73 Å². The SMILES string of the molecule is Cn1cnnc1Sc1ccc(CCN)cc1F. The first-order valence-corrected chi connectivity index (χ1v) is 6.02. The highest BCUT2D eigenvalue weighted by Crippen LogP contribution is 2.28. The predicted molar refractivity (Wildman–Crippen MR) is 64.3 cm³/mol. The van der Waals surface area contributed by atoms with Gasteiger partial charge in [0.1, 0.15) is 12.1 Å². The molecule has 0 amide bonds. The third-order valence-corrected chi connectivity index (χ3v) is 3.40. The molecule has 17 heavy (non-hydrogen) atoms. The van der Waals surface area contributed by atoms with Gasteiger partial charge >= 0.3 is 0 Å². The zero-order chi connectivity index (χ0) is 12.3. The summed E-state index contributed by atoms with van der Waals surface area (Å²) >= 11 is 1.26. The molecule has 0 aliphatic heterocycles. The molecule has 0 fully saturated rings. The Balaban J connectivity index is 2.19. The Morgan fingerprint density at radius 2 is 2.29 bits per heavy atom. The summed E-state index contributed by atoms with van der Waals surface area (Å²) in [6, 6.07) is 5.15. The van der Waals surface area contributed by atoms with Crippen LogP contribution in [0.1, 0.15) is 5.56 Å². The van der Waals surface area contributed by atoms with Gasteiger partial charge in [0.2, 0.25) is 0 Å². The first-order chi connectivity index (χ1) is 8.20. The minimum absolute atomic E-state index is 0.246. The molecule has 2 aromatic rings. The van der Waals surface area contributed by atoms with Crippen molar-refractivity contribution in [3.8, 4) is 0 Å². The number of rotatable bonds is 4. The minimum Gasteiger partial charge on any atom is -0.330 e. The Labute approximate surface area is 103 Å². The summed E-state index contributed by atoms with van der Waals surface area (Å²) in [7, 11) is 1.82. The van der Waals surface area contributed by atoms with E-state index in [4.69, 9.17) is 5.73 Å². The van der Waals surface area contributed by atoms with Crippen molar-refractivity contribution in [3.05, 3.63) is 35.9 Å². The van der Waals surface area contributed by atoms with E-state index in [1.54, 1.807) is 17.0 Å². The number of aryl methyl sites for hydroxylation is 1. The second-order valence-corrected chi connectivity index (χ2v) is 4.64. The van der Waals surface area contributed by atoms with Crippen LogP contribution in [-0.4, -0.2) is 21.3 Å². The highest BCUT2D eigenvalue weighted by Gasteiger charge is 2.08. The quantitative estimate of drug-likeness (QED) is 0.898. The molecule has 0 spiro atoms. The lowest BCUT2D eigenvalue weighted by atomic mass is 10.1. The van der Waals surface area contributed by atoms with Gasteiger partial charge in [-0.2, -0.15) is 0 Å². The molecule has 0 aliphatic rings. The van der Waals surface area contributed by atoms with Gasteiger partial charge in [0, 0.05) is 7.05 Å². The number of hydrogen-bond acceptors (Lipinski definition) is 4. The molecule has 0 aliphatic carbocycles. The molecule has 0 unspecified atom stereocenters. The van der Waals surface area contributed by atoms with Gasteiger partial charge in [-0.3, -0.25) is 0 Å². The molecule has 0 saturated heterocycles. The van der Waals surface area contributed by atoms with E-state index in [0.29, 0.717) is 23.0 Å². The Bertz CT molecular complexity index is 512. The van der Waals surface area contributed by atoms with Gasteiger partial charge < -0.3 is 10.3 Å². The van der Waals surface area contributed by atoms with Gasteiger partial charge in [-0.25, -0.2) is 4.39 Å². The molecule has 2 N–H and O–H groups in total. The summed E-state index contributed by atoms with van der Waals surface area (Å²) in [5.41, 5.74) is 6.34. The molecule has 6 heteroatoms. The molecular formula is C11H13FN4S. The molecule has 1 aromatic carbocycles. The Morgan fingerprint density at radius 3 is 2.88 bits per heavy atom. The maximum atomic E-state index is 13.8. The van der Waals surface area contributed by atoms with Crippen molar-refractivity contribution in [1.29, 1.82) is 0 Å². The topological polar surface area (TPSA) is 56.7 Å². The Hall–Kier alpha value is -1.40. The minimum atomic E-state index is -0.246. The van der Waals surface area contributed by atoms with E-state index in [0.717, 1.165) is 5.56 Å². The molecule has 1 heterocycles. The van der Waals surface area contributed by atoms with Gasteiger partial charge in [-0.15, -0.1) is 10.2 Å². The van der Waals surface area contributed by atoms with Gasteiger partial charge in [0.15, 0.2) is 5.16 Å². The summed E-state index contributed by atoms with van der Waals surface area (Å²) in [4.78, 5) is 0.543. The van der Waals surface area contributed by atoms with Gasteiger partial charge in [-0.05, 0) is 42.4 Å². The van der Waals surface area contributed by atoms with E-state index >= 15 is 0 Å². The average molecular weight is 252 g/mol. The van der Waals surface area contributed by atoms with Crippen LogP contribution in [0.3, 0.4) is 0 Å². The zero-order valence-electron chi connectivity index (χ0n) is 9.43. The Morgan fingerprint density at radius 1 is 1.47 bits per heavy atom. The van der Waals surface area contributed by atoms with E-state index in [-0.39, 0.29) is 5.82 Å². The first kappa shape index (κ1) is 12.1. The van der Waals surface area contributed by atoms with Crippen molar-refractivity contribution in [2.75, 3.05) is 6.54 Å². The molecule has 90 valence electrons. The fourth-order valence-corrected chi connectivity index (χ4v) is 2.18. The third-order valence-electron chi connectivity index (χ3n) is 2.30. The molecule has 0 bridgehead atoms. The second kappa shape index (κ2) is 5.29. The molecule has 2 rings (SSSR count). The molecule has 0 radical (unpaired) electrons. The predicted octanol–water partition coefficient (Wildman–Crippen LogP) is 1.61. The molecule has 0 atom stereocenters. The number of nitrogens with two attached hydrogens (primary N) is 1. The summed E-state index contributed by atoms with van der Waals surface area (Å²) in [6.07, 6.45) is 2.27. The summed E-state index contributed by atoms with van der Waals surface area (Å²) in [6.45, 7) is 0.523. The smallest absolute Gasteiger partial charge is 0.195 e. The molecule has 0 saturated carbocycles. The third kappa shape index (κ3) is 2.83. The van der Waals surface area contributed by atoms with Crippen molar-refractivity contribution < 1.29 is 4.39 Å².